The van der Waals surface area contributed by atoms with Crippen molar-refractivity contribution >= 4 is 61.3 Å². The molecule has 0 fully saturated rings. The molecule has 0 aliphatic carbocycles. The van der Waals surface area contributed by atoms with Gasteiger partial charge in [-0.05, 0) is 124 Å². The zero-order valence-corrected chi connectivity index (χ0v) is 40.1. The number of rotatable bonds is 9. The Balaban J connectivity index is 0.000000142. The van der Waals surface area contributed by atoms with Gasteiger partial charge in [0.25, 0.3) is 0 Å². The molecule has 6 heteroatoms. The van der Waals surface area contributed by atoms with Crippen LogP contribution in [-0.4, -0.2) is 17.9 Å². The highest BCUT2D eigenvalue weighted by molar-refractivity contribution is 7.14. The molecular formula is C58H60ClNO3S. The van der Waals surface area contributed by atoms with Crippen LogP contribution in [0.15, 0.2) is 170 Å². The van der Waals surface area contributed by atoms with Gasteiger partial charge in [0, 0.05) is 37.3 Å². The summed E-state index contributed by atoms with van der Waals surface area (Å²) < 4.78 is 11.0. The normalized spacial score (nSPS) is 11.0. The third-order valence-corrected chi connectivity index (χ3v) is 12.6. The first-order valence-corrected chi connectivity index (χ1v) is 23.3. The van der Waals surface area contributed by atoms with Gasteiger partial charge >= 0.3 is 0 Å². The average Bonchev–Trinajstić information content (AvgIpc) is 3.95. The van der Waals surface area contributed by atoms with E-state index < -0.39 is 0 Å². The third-order valence-electron chi connectivity index (χ3n) is 10.9. The minimum absolute atomic E-state index is 0.123. The number of ketones is 1. The molecule has 9 aromatic rings. The fourth-order valence-electron chi connectivity index (χ4n) is 7.06. The summed E-state index contributed by atoms with van der Waals surface area (Å²) in [6.07, 6.45) is 0. The standard InChI is InChI=1S/C15H14ClN.C15H16O.C14H14OS.C14H16O/c1-9(2)10-3-5-12-13-8-11(16)4-6-14(13)17-15(12)7-10;1-12(2)13-7-6-10-15(11-13)16-14-8-4-3-5-9-14;1-10(2)12-8-9-13(16-12)14(15)11-6-4-3-5-7-11;1-10(2)11-4-5-13-9-14(15-3)7-6-12(13)8-11/h3-9,17H,1-2H3;3-12H,1-2H3;3-10H,1-2H3;4-10H,1-3H3. The molecule has 64 heavy (non-hydrogen) atoms. The van der Waals surface area contributed by atoms with Gasteiger partial charge in [0.2, 0.25) is 5.78 Å². The minimum atomic E-state index is 0.123. The van der Waals surface area contributed by atoms with Gasteiger partial charge in [0.15, 0.2) is 0 Å². The first-order valence-electron chi connectivity index (χ1n) is 22.1. The van der Waals surface area contributed by atoms with Gasteiger partial charge in [0.1, 0.15) is 17.2 Å². The molecule has 1 N–H and O–H groups in total. The summed E-state index contributed by atoms with van der Waals surface area (Å²) in [7, 11) is 1.70. The molecule has 0 aliphatic heterocycles. The minimum Gasteiger partial charge on any atom is -0.497 e. The number of methoxy groups -OCH3 is 1. The number of aromatic amines is 1. The lowest BCUT2D eigenvalue weighted by atomic mass is 9.99. The van der Waals surface area contributed by atoms with E-state index in [2.05, 4.69) is 121 Å². The van der Waals surface area contributed by atoms with Crippen LogP contribution in [0.4, 0.5) is 0 Å². The number of para-hydroxylation sites is 1. The van der Waals surface area contributed by atoms with E-state index in [1.54, 1.807) is 18.4 Å². The van der Waals surface area contributed by atoms with E-state index in [9.17, 15) is 4.79 Å². The zero-order valence-electron chi connectivity index (χ0n) is 38.5. The molecule has 328 valence electrons. The molecule has 0 aliphatic rings. The molecule has 2 aromatic heterocycles. The number of benzene rings is 7. The van der Waals surface area contributed by atoms with Crippen molar-refractivity contribution in [3.63, 3.8) is 0 Å². The maximum Gasteiger partial charge on any atom is 0.202 e. The monoisotopic (exact) mass is 885 g/mol. The predicted molar refractivity (Wildman–Crippen MR) is 275 cm³/mol. The Morgan fingerprint density at radius 2 is 1.11 bits per heavy atom. The fourth-order valence-corrected chi connectivity index (χ4v) is 8.20. The van der Waals surface area contributed by atoms with E-state index in [0.29, 0.717) is 23.7 Å². The number of aromatic nitrogens is 1. The summed E-state index contributed by atoms with van der Waals surface area (Å²) in [4.78, 5) is 17.6. The zero-order chi connectivity index (χ0) is 45.8. The second-order valence-electron chi connectivity index (χ2n) is 17.1. The topological polar surface area (TPSA) is 51.3 Å². The molecule has 7 aromatic carbocycles. The van der Waals surface area contributed by atoms with E-state index in [1.807, 2.05) is 109 Å². The van der Waals surface area contributed by atoms with Crippen molar-refractivity contribution in [3.8, 4) is 17.2 Å². The molecule has 0 amide bonds. The lowest BCUT2D eigenvalue weighted by Crippen LogP contribution is -1.97. The Morgan fingerprint density at radius 1 is 0.500 bits per heavy atom. The molecule has 0 bridgehead atoms. The lowest BCUT2D eigenvalue weighted by molar-refractivity contribution is 0.104. The first-order chi connectivity index (χ1) is 30.8. The van der Waals surface area contributed by atoms with E-state index >= 15 is 0 Å². The number of hydrogen-bond acceptors (Lipinski definition) is 4. The smallest absolute Gasteiger partial charge is 0.202 e. The SMILES string of the molecule is CC(C)c1ccc(C(=O)c2ccccc2)s1.CC(C)c1ccc2c(c1)[nH]c1ccc(Cl)cc12.CC(C)c1cccc(Oc2ccccc2)c1.COc1ccc2cc(C(C)C)ccc2c1. The van der Waals surface area contributed by atoms with E-state index in [-0.39, 0.29) is 5.78 Å². The maximum atomic E-state index is 12.1. The number of thiophene rings is 1. The highest BCUT2D eigenvalue weighted by Gasteiger charge is 2.13. The second-order valence-corrected chi connectivity index (χ2v) is 18.6. The number of ether oxygens (including phenoxy) is 2. The maximum absolute atomic E-state index is 12.1. The molecule has 2 heterocycles. The summed E-state index contributed by atoms with van der Waals surface area (Å²) in [6.45, 7) is 17.5. The van der Waals surface area contributed by atoms with Crippen molar-refractivity contribution in [3.05, 3.63) is 207 Å². The quantitative estimate of drug-likeness (QED) is 0.147. The summed E-state index contributed by atoms with van der Waals surface area (Å²) in [5.41, 5.74) is 7.13. The Morgan fingerprint density at radius 3 is 1.77 bits per heavy atom. The molecule has 0 atom stereocenters. The van der Waals surface area contributed by atoms with E-state index in [1.165, 1.54) is 48.6 Å². The lowest BCUT2D eigenvalue weighted by Gasteiger charge is -2.09. The number of fused-ring (bicyclic) bond motifs is 4. The van der Waals surface area contributed by atoms with Crippen LogP contribution in [0.5, 0.6) is 17.2 Å². The van der Waals surface area contributed by atoms with Crippen molar-refractivity contribution in [1.29, 1.82) is 0 Å². The van der Waals surface area contributed by atoms with Crippen molar-refractivity contribution in [2.45, 2.75) is 79.1 Å². The van der Waals surface area contributed by atoms with Gasteiger partial charge in [-0.25, -0.2) is 0 Å². The summed E-state index contributed by atoms with van der Waals surface area (Å²) >= 11 is 7.64. The number of H-pyrrole nitrogens is 1. The largest absolute Gasteiger partial charge is 0.497 e. The third kappa shape index (κ3) is 12.7. The second kappa shape index (κ2) is 22.5. The Bertz CT molecular complexity index is 2890. The molecule has 0 saturated carbocycles. The Labute approximate surface area is 388 Å². The fraction of sp³-hybridized carbons (Fsp3) is 0.224. The first kappa shape index (κ1) is 47.3. The van der Waals surface area contributed by atoms with Gasteiger partial charge < -0.3 is 14.5 Å². The number of carbonyl (C=O) groups is 1. The summed E-state index contributed by atoms with van der Waals surface area (Å²) in [5.74, 6) is 4.96. The van der Waals surface area contributed by atoms with Gasteiger partial charge in [-0.1, -0.05) is 164 Å². The Kier molecular flexibility index (Phi) is 16.6. The van der Waals surface area contributed by atoms with Crippen molar-refractivity contribution < 1.29 is 14.3 Å². The number of nitrogens with one attached hydrogen (secondary N) is 1. The molecule has 0 spiro atoms. The molecule has 9 rings (SSSR count). The van der Waals surface area contributed by atoms with Gasteiger partial charge in [0.05, 0.1) is 12.0 Å². The van der Waals surface area contributed by atoms with Crippen LogP contribution in [-0.2, 0) is 0 Å². The van der Waals surface area contributed by atoms with Crippen molar-refractivity contribution in [2.24, 2.45) is 0 Å². The van der Waals surface area contributed by atoms with Gasteiger partial charge in [-0.15, -0.1) is 11.3 Å². The summed E-state index contributed by atoms with van der Waals surface area (Å²) in [5, 5.41) is 5.74. The molecule has 0 unspecified atom stereocenters. The van der Waals surface area contributed by atoms with E-state index in [0.717, 1.165) is 38.2 Å². The van der Waals surface area contributed by atoms with Crippen LogP contribution in [0.2, 0.25) is 5.02 Å². The van der Waals surface area contributed by atoms with Crippen LogP contribution >= 0.6 is 22.9 Å². The Hall–Kier alpha value is -6.14. The van der Waals surface area contributed by atoms with Crippen LogP contribution in [0, 0.1) is 0 Å². The number of hydrogen-bond donors (Lipinski definition) is 1. The summed E-state index contributed by atoms with van der Waals surface area (Å²) in [6, 6.07) is 56.9. The predicted octanol–water partition coefficient (Wildman–Crippen LogP) is 17.8. The van der Waals surface area contributed by atoms with E-state index in [4.69, 9.17) is 21.1 Å². The van der Waals surface area contributed by atoms with Crippen molar-refractivity contribution in [2.75, 3.05) is 7.11 Å². The van der Waals surface area contributed by atoms with Crippen LogP contribution < -0.4 is 9.47 Å². The highest BCUT2D eigenvalue weighted by Crippen LogP contribution is 2.31. The van der Waals surface area contributed by atoms with Gasteiger partial charge in [-0.2, -0.15) is 0 Å². The van der Waals surface area contributed by atoms with Crippen LogP contribution in [0.1, 0.15) is 116 Å². The van der Waals surface area contributed by atoms with Crippen LogP contribution in [0.25, 0.3) is 32.6 Å². The average molecular weight is 887 g/mol. The molecule has 0 saturated heterocycles. The van der Waals surface area contributed by atoms with Crippen molar-refractivity contribution in [1.82, 2.24) is 4.98 Å². The molecular weight excluding hydrogens is 826 g/mol. The molecule has 0 radical (unpaired) electrons. The molecule has 4 nitrogen and oxygen atoms in total. The van der Waals surface area contributed by atoms with Crippen LogP contribution in [0.3, 0.4) is 0 Å². The number of carbonyl (C=O) groups excluding carboxylic acids is 1. The highest BCUT2D eigenvalue weighted by atomic mass is 35.5. The number of halogens is 1. The van der Waals surface area contributed by atoms with Gasteiger partial charge in [-0.3, -0.25) is 4.79 Å².